The van der Waals surface area contributed by atoms with Crippen LogP contribution in [0, 0.1) is 5.92 Å². The van der Waals surface area contributed by atoms with Crippen LogP contribution in [0.5, 0.6) is 0 Å². The highest BCUT2D eigenvalue weighted by molar-refractivity contribution is 7.89. The Morgan fingerprint density at radius 1 is 1.25 bits per heavy atom. The molecule has 0 spiro atoms. The average Bonchev–Trinajstić information content (AvgIpc) is 2.77. The van der Waals surface area contributed by atoms with Crippen molar-refractivity contribution in [3.63, 3.8) is 0 Å². The van der Waals surface area contributed by atoms with E-state index in [9.17, 15) is 18.0 Å². The highest BCUT2D eigenvalue weighted by atomic mass is 32.2. The van der Waals surface area contributed by atoms with Gasteiger partial charge < -0.3 is 10.0 Å². The van der Waals surface area contributed by atoms with Gasteiger partial charge in [-0.3, -0.25) is 4.79 Å². The Morgan fingerprint density at radius 3 is 2.54 bits per heavy atom. The molecule has 7 nitrogen and oxygen atoms in total. The van der Waals surface area contributed by atoms with E-state index in [1.54, 1.807) is 4.90 Å². The molecule has 1 aromatic rings. The quantitative estimate of drug-likeness (QED) is 0.830. The summed E-state index contributed by atoms with van der Waals surface area (Å²) in [6, 6.07) is 4.86. The molecule has 2 N–H and O–H groups in total. The van der Waals surface area contributed by atoms with Crippen molar-refractivity contribution in [2.24, 2.45) is 5.92 Å². The molecule has 1 aliphatic heterocycles. The van der Waals surface area contributed by atoms with Crippen LogP contribution in [0.15, 0.2) is 29.2 Å². The number of hydrogen-bond acceptors (Lipinski definition) is 4. The number of likely N-dealkylation sites (tertiary alicyclic amines) is 1. The second-order valence-corrected chi connectivity index (χ2v) is 7.86. The van der Waals surface area contributed by atoms with Gasteiger partial charge in [-0.25, -0.2) is 17.9 Å². The van der Waals surface area contributed by atoms with Crippen LogP contribution in [0.3, 0.4) is 0 Å². The van der Waals surface area contributed by atoms with Crippen LogP contribution in [0.1, 0.15) is 36.5 Å². The first-order valence-electron chi connectivity index (χ1n) is 7.90. The zero-order chi connectivity index (χ0) is 17.7. The van der Waals surface area contributed by atoms with Crippen molar-refractivity contribution in [2.75, 3.05) is 19.6 Å². The van der Waals surface area contributed by atoms with Gasteiger partial charge in [0.2, 0.25) is 15.9 Å². The molecule has 1 saturated heterocycles. The standard InChI is InChI=1S/C16H22N2O5S/c1-12-4-2-3-9-18(11-12)15(19)10-17-24(22,23)14-7-5-13(6-8-14)16(20)21/h5-8,12,17H,2-4,9-11H2,1H3,(H,20,21). The minimum Gasteiger partial charge on any atom is -0.478 e. The van der Waals surface area contributed by atoms with E-state index >= 15 is 0 Å². The van der Waals surface area contributed by atoms with E-state index in [1.165, 1.54) is 24.3 Å². The van der Waals surface area contributed by atoms with E-state index in [4.69, 9.17) is 5.11 Å². The van der Waals surface area contributed by atoms with Crippen LogP contribution in [0.25, 0.3) is 0 Å². The summed E-state index contributed by atoms with van der Waals surface area (Å²) in [4.78, 5) is 24.7. The normalized spacial score (nSPS) is 18.9. The molecule has 1 aromatic carbocycles. The Hall–Kier alpha value is -1.93. The van der Waals surface area contributed by atoms with Gasteiger partial charge in [-0.15, -0.1) is 0 Å². The van der Waals surface area contributed by atoms with E-state index in [0.717, 1.165) is 19.3 Å². The number of aromatic carboxylic acids is 1. The van der Waals surface area contributed by atoms with E-state index in [-0.39, 0.29) is 22.9 Å². The molecule has 1 unspecified atom stereocenters. The molecular weight excluding hydrogens is 332 g/mol. The Labute approximate surface area is 141 Å². The highest BCUT2D eigenvalue weighted by Gasteiger charge is 2.22. The fourth-order valence-electron chi connectivity index (χ4n) is 2.71. The van der Waals surface area contributed by atoms with Crippen molar-refractivity contribution in [1.82, 2.24) is 9.62 Å². The number of hydrogen-bond donors (Lipinski definition) is 2. The molecule has 1 atom stereocenters. The zero-order valence-corrected chi connectivity index (χ0v) is 14.4. The third-order valence-corrected chi connectivity index (χ3v) is 5.50. The molecule has 2 rings (SSSR count). The first kappa shape index (κ1) is 18.4. The van der Waals surface area contributed by atoms with Crippen LogP contribution in [0.2, 0.25) is 0 Å². The highest BCUT2D eigenvalue weighted by Crippen LogP contribution is 2.16. The fraction of sp³-hybridized carbons (Fsp3) is 0.500. The molecule has 0 aromatic heterocycles. The summed E-state index contributed by atoms with van der Waals surface area (Å²) in [6.45, 7) is 3.08. The first-order valence-corrected chi connectivity index (χ1v) is 9.38. The molecule has 24 heavy (non-hydrogen) atoms. The zero-order valence-electron chi connectivity index (χ0n) is 13.6. The number of nitrogens with one attached hydrogen (secondary N) is 1. The van der Waals surface area contributed by atoms with Crippen molar-refractivity contribution in [3.05, 3.63) is 29.8 Å². The maximum Gasteiger partial charge on any atom is 0.335 e. The summed E-state index contributed by atoms with van der Waals surface area (Å²) in [5, 5.41) is 8.83. The maximum atomic E-state index is 12.2. The summed E-state index contributed by atoms with van der Waals surface area (Å²) < 4.78 is 26.7. The van der Waals surface area contributed by atoms with Crippen LogP contribution in [-0.4, -0.2) is 49.9 Å². The summed E-state index contributed by atoms with van der Waals surface area (Å²) in [5.41, 5.74) is 0.00332. The van der Waals surface area contributed by atoms with Crippen LogP contribution >= 0.6 is 0 Å². The minimum atomic E-state index is -3.85. The van der Waals surface area contributed by atoms with Crippen LogP contribution in [0.4, 0.5) is 0 Å². The number of carbonyl (C=O) groups is 2. The molecule has 0 aliphatic carbocycles. The van der Waals surface area contributed by atoms with Gasteiger partial charge in [0.25, 0.3) is 0 Å². The van der Waals surface area contributed by atoms with Crippen molar-refractivity contribution < 1.29 is 23.1 Å². The van der Waals surface area contributed by atoms with Gasteiger partial charge in [0.15, 0.2) is 0 Å². The monoisotopic (exact) mass is 354 g/mol. The molecular formula is C16H22N2O5S. The van der Waals surface area contributed by atoms with Crippen molar-refractivity contribution in [1.29, 1.82) is 0 Å². The molecule has 1 aliphatic rings. The molecule has 1 amide bonds. The van der Waals surface area contributed by atoms with Crippen molar-refractivity contribution in [3.8, 4) is 0 Å². The van der Waals surface area contributed by atoms with Gasteiger partial charge in [-0.05, 0) is 43.0 Å². The Balaban J connectivity index is 1.98. The Morgan fingerprint density at radius 2 is 1.92 bits per heavy atom. The third kappa shape index (κ3) is 4.78. The SMILES string of the molecule is CC1CCCCN(C(=O)CNS(=O)(=O)c2ccc(C(=O)O)cc2)C1. The molecule has 8 heteroatoms. The third-order valence-electron chi connectivity index (χ3n) is 4.08. The molecule has 0 bridgehead atoms. The number of nitrogens with zero attached hydrogens (tertiary/aromatic N) is 1. The topological polar surface area (TPSA) is 104 Å². The lowest BCUT2D eigenvalue weighted by Gasteiger charge is -2.22. The van der Waals surface area contributed by atoms with Gasteiger partial charge in [0.1, 0.15) is 0 Å². The lowest BCUT2D eigenvalue weighted by molar-refractivity contribution is -0.130. The van der Waals surface area contributed by atoms with Crippen LogP contribution < -0.4 is 4.72 Å². The van der Waals surface area contributed by atoms with Crippen LogP contribution in [-0.2, 0) is 14.8 Å². The molecule has 132 valence electrons. The van der Waals surface area contributed by atoms with E-state index in [0.29, 0.717) is 19.0 Å². The van der Waals surface area contributed by atoms with Gasteiger partial charge in [0, 0.05) is 13.1 Å². The van der Waals surface area contributed by atoms with Crippen molar-refractivity contribution in [2.45, 2.75) is 31.1 Å². The maximum absolute atomic E-state index is 12.2. The summed E-state index contributed by atoms with van der Waals surface area (Å²) in [6.07, 6.45) is 3.08. The van der Waals surface area contributed by atoms with Gasteiger partial charge >= 0.3 is 5.97 Å². The largest absolute Gasteiger partial charge is 0.478 e. The van der Waals surface area contributed by atoms with E-state index < -0.39 is 16.0 Å². The van der Waals surface area contributed by atoms with Gasteiger partial charge in [-0.1, -0.05) is 13.3 Å². The number of carboxylic acids is 1. The Bertz CT molecular complexity index is 700. The lowest BCUT2D eigenvalue weighted by atomic mass is 10.1. The summed E-state index contributed by atoms with van der Waals surface area (Å²) in [5.74, 6) is -0.955. The van der Waals surface area contributed by atoms with Gasteiger partial charge in [-0.2, -0.15) is 0 Å². The fourth-order valence-corrected chi connectivity index (χ4v) is 3.68. The molecule has 0 saturated carbocycles. The minimum absolute atomic E-state index is 0.00332. The molecule has 1 fully saturated rings. The lowest BCUT2D eigenvalue weighted by Crippen LogP contribution is -2.41. The predicted octanol–water partition coefficient (Wildman–Crippen LogP) is 1.31. The van der Waals surface area contributed by atoms with E-state index in [2.05, 4.69) is 11.6 Å². The average molecular weight is 354 g/mol. The van der Waals surface area contributed by atoms with Crippen molar-refractivity contribution >= 4 is 21.9 Å². The number of carbonyl (C=O) groups excluding carboxylic acids is 1. The number of carboxylic acid groups (broad SMARTS) is 1. The number of rotatable bonds is 5. The number of benzene rings is 1. The smallest absolute Gasteiger partial charge is 0.335 e. The number of sulfonamides is 1. The summed E-state index contributed by atoms with van der Waals surface area (Å²) >= 11 is 0. The predicted molar refractivity (Wildman–Crippen MR) is 88.2 cm³/mol. The second-order valence-electron chi connectivity index (χ2n) is 6.09. The second kappa shape index (κ2) is 7.76. The van der Waals surface area contributed by atoms with Gasteiger partial charge in [0.05, 0.1) is 17.0 Å². The number of amides is 1. The van der Waals surface area contributed by atoms with E-state index in [1.807, 2.05) is 0 Å². The molecule has 1 heterocycles. The first-order chi connectivity index (χ1) is 11.3. The molecule has 0 radical (unpaired) electrons. The Kier molecular flexibility index (Phi) is 5.95. The summed E-state index contributed by atoms with van der Waals surface area (Å²) in [7, 11) is -3.85.